The fourth-order valence-corrected chi connectivity index (χ4v) is 11.8. The van der Waals surface area contributed by atoms with Gasteiger partial charge in [-0.2, -0.15) is 0 Å². The molecule has 0 radical (unpaired) electrons. The molecule has 2 N–H and O–H groups in total. The Morgan fingerprint density at radius 3 is 1.79 bits per heavy atom. The number of esters is 4. The minimum atomic E-state index is -3.20. The fraction of sp³-hybridized carbons (Fsp3) is 0.525. The summed E-state index contributed by atoms with van der Waals surface area (Å²) < 4.78 is 53.3. The zero-order chi connectivity index (χ0) is 42.1. The maximum Gasteiger partial charge on any atom is 0.339 e. The van der Waals surface area contributed by atoms with Crippen LogP contribution in [0.5, 0.6) is 0 Å². The summed E-state index contributed by atoms with van der Waals surface area (Å²) in [6.45, 7) is 14.1. The molecule has 57 heavy (non-hydrogen) atoms. The van der Waals surface area contributed by atoms with Gasteiger partial charge < -0.3 is 52.7 Å². The molecule has 16 nitrogen and oxygen atoms in total. The molecule has 0 bridgehead atoms. The number of amides is 1. The Hall–Kier alpha value is -4.49. The summed E-state index contributed by atoms with van der Waals surface area (Å²) in [5.41, 5.74) is 0. The number of hydrogen-bond donors (Lipinski definition) is 2. The summed E-state index contributed by atoms with van der Waals surface area (Å²) in [5, 5.41) is 16.4. The van der Waals surface area contributed by atoms with Gasteiger partial charge in [0.05, 0.1) is 20.3 Å². The van der Waals surface area contributed by atoms with Crippen LogP contribution in [0.4, 0.5) is 0 Å². The van der Waals surface area contributed by atoms with Gasteiger partial charge in [0.2, 0.25) is 5.91 Å². The fourth-order valence-electron chi connectivity index (χ4n) is 7.22. The third-order valence-corrected chi connectivity index (χ3v) is 14.4. The van der Waals surface area contributed by atoms with Crippen molar-refractivity contribution in [3.05, 3.63) is 73.3 Å². The molecule has 0 aliphatic carbocycles. The van der Waals surface area contributed by atoms with Crippen molar-refractivity contribution >= 4 is 48.5 Å². The smallest absolute Gasteiger partial charge is 0.339 e. The van der Waals surface area contributed by atoms with Crippen LogP contribution in [0.3, 0.4) is 0 Å². The van der Waals surface area contributed by atoms with Crippen LogP contribution in [0.25, 0.3) is 0 Å². The molecular weight excluding hydrogens is 763 g/mol. The van der Waals surface area contributed by atoms with Gasteiger partial charge in [-0.1, -0.05) is 87.5 Å². The monoisotopic (exact) mass is 815 g/mol. The third kappa shape index (κ3) is 10.7. The topological polar surface area (TPSA) is 201 Å². The van der Waals surface area contributed by atoms with E-state index in [0.29, 0.717) is 0 Å². The Bertz CT molecular complexity index is 1660. The van der Waals surface area contributed by atoms with Crippen molar-refractivity contribution in [1.29, 1.82) is 0 Å². The number of carbonyl (C=O) groups excluding carboxylic acids is 5. The highest BCUT2D eigenvalue weighted by Gasteiger charge is 2.58. The van der Waals surface area contributed by atoms with Crippen molar-refractivity contribution in [3.63, 3.8) is 0 Å². The first-order chi connectivity index (χ1) is 26.9. The van der Waals surface area contributed by atoms with Crippen molar-refractivity contribution in [2.75, 3.05) is 20.3 Å². The number of hydrogen-bond acceptors (Lipinski definition) is 15. The Morgan fingerprint density at radius 1 is 0.789 bits per heavy atom. The van der Waals surface area contributed by atoms with Crippen molar-refractivity contribution in [2.24, 2.45) is 0 Å². The van der Waals surface area contributed by atoms with Crippen LogP contribution in [-0.2, 0) is 66.3 Å². The second kappa shape index (κ2) is 19.8. The van der Waals surface area contributed by atoms with Crippen LogP contribution in [0.15, 0.2) is 73.3 Å². The zero-order valence-corrected chi connectivity index (χ0v) is 34.4. The molecule has 4 rings (SSSR count). The number of ether oxygens (including phenoxy) is 8. The Labute approximate surface area is 333 Å². The van der Waals surface area contributed by atoms with Gasteiger partial charge in [-0.3, -0.25) is 19.2 Å². The first kappa shape index (κ1) is 45.2. The molecule has 2 aromatic carbocycles. The van der Waals surface area contributed by atoms with Crippen LogP contribution < -0.4 is 15.7 Å². The highest BCUT2D eigenvalue weighted by molar-refractivity contribution is 6.99. The summed E-state index contributed by atoms with van der Waals surface area (Å²) in [6, 6.07) is 18.3. The number of aliphatic hydroxyl groups is 1. The molecule has 1 amide bonds. The summed E-state index contributed by atoms with van der Waals surface area (Å²) in [4.78, 5) is 63.0. The van der Waals surface area contributed by atoms with E-state index in [4.69, 9.17) is 42.3 Å². The highest BCUT2D eigenvalue weighted by Crippen LogP contribution is 2.38. The molecule has 0 unspecified atom stereocenters. The van der Waals surface area contributed by atoms with E-state index in [1.54, 1.807) is 0 Å². The van der Waals surface area contributed by atoms with Crippen molar-refractivity contribution in [2.45, 2.75) is 115 Å². The first-order valence-corrected chi connectivity index (χ1v) is 20.3. The molecule has 0 spiro atoms. The number of carbonyl (C=O) groups is 5. The summed E-state index contributed by atoms with van der Waals surface area (Å²) in [6.07, 6.45) is -12.8. The highest BCUT2D eigenvalue weighted by atomic mass is 28.4. The predicted molar refractivity (Wildman–Crippen MR) is 204 cm³/mol. The summed E-state index contributed by atoms with van der Waals surface area (Å²) >= 11 is 0. The number of aliphatic hydroxyl groups excluding tert-OH is 1. The van der Waals surface area contributed by atoms with Gasteiger partial charge >= 0.3 is 23.9 Å². The summed E-state index contributed by atoms with van der Waals surface area (Å²) in [7, 11) is -2.15. The largest absolute Gasteiger partial charge is 0.467 e. The van der Waals surface area contributed by atoms with Gasteiger partial charge in [0.25, 0.3) is 8.32 Å². The zero-order valence-electron chi connectivity index (χ0n) is 33.4. The van der Waals surface area contributed by atoms with E-state index in [-0.39, 0.29) is 13.2 Å². The van der Waals surface area contributed by atoms with E-state index in [1.807, 2.05) is 60.7 Å². The van der Waals surface area contributed by atoms with E-state index in [9.17, 15) is 29.1 Å². The van der Waals surface area contributed by atoms with E-state index in [0.717, 1.165) is 38.3 Å². The van der Waals surface area contributed by atoms with Crippen molar-refractivity contribution < 1.29 is 71.4 Å². The normalized spacial score (nSPS) is 27.7. The Morgan fingerprint density at radius 2 is 1.32 bits per heavy atom. The third-order valence-electron chi connectivity index (χ3n) is 9.43. The molecule has 312 valence electrons. The molecule has 0 saturated carbocycles. The van der Waals surface area contributed by atoms with Crippen LogP contribution in [0.2, 0.25) is 5.04 Å². The molecule has 2 aliphatic heterocycles. The summed E-state index contributed by atoms with van der Waals surface area (Å²) in [5.74, 6) is -4.27. The second-order valence-electron chi connectivity index (χ2n) is 14.6. The van der Waals surface area contributed by atoms with E-state index in [2.05, 4.69) is 32.7 Å². The maximum absolute atomic E-state index is 13.1. The van der Waals surface area contributed by atoms with Crippen LogP contribution >= 0.6 is 0 Å². The quantitative estimate of drug-likeness (QED) is 0.113. The van der Waals surface area contributed by atoms with Crippen molar-refractivity contribution in [3.8, 4) is 0 Å². The van der Waals surface area contributed by atoms with E-state index in [1.165, 1.54) is 13.0 Å². The van der Waals surface area contributed by atoms with E-state index < -0.39 is 104 Å². The van der Waals surface area contributed by atoms with Crippen LogP contribution in [0.1, 0.15) is 48.5 Å². The molecule has 17 heteroatoms. The van der Waals surface area contributed by atoms with Gasteiger partial charge in [-0.15, -0.1) is 6.58 Å². The Balaban J connectivity index is 1.83. The lowest BCUT2D eigenvalue weighted by Gasteiger charge is -2.49. The van der Waals surface area contributed by atoms with Gasteiger partial charge in [0.15, 0.2) is 37.0 Å². The minimum absolute atomic E-state index is 0.0507. The molecule has 2 saturated heterocycles. The standard InChI is InChI=1S/C40H53NO15Si/c1-10-21-49-38-30(41-23(2)42)32(55-39-36(53-26(5)45)34(52-25(4)44)33(51-24(3)43)35(56-39)37(47)48-9)31(46)29(54-38)22-50-57(40(6,7)8,27-17-13-11-14-18-27)28-19-15-12-16-20-28/h10-20,29-36,38-39,46H,1,21-22H2,2-9H3,(H,41,42)/t29-,30-,31-,32-,33+,34+,35+,36-,38-,39-/m1/s1. The molecule has 0 aromatic heterocycles. The SMILES string of the molecule is C=CCO[C@@H]1O[C@H](CO[Si](c2ccccc2)(c2ccccc2)C(C)(C)C)[C@@H](O)[C@H](O[C@@H]2O[C@H](C(=O)OC)[C@@H](OC(C)=O)[C@H](OC(C)=O)[C@H]2OC(C)=O)[C@H]1NC(C)=O. The molecule has 2 aliphatic rings. The number of benzene rings is 2. The molecule has 2 aromatic rings. The lowest BCUT2D eigenvalue weighted by molar-refractivity contribution is -0.341. The van der Waals surface area contributed by atoms with Gasteiger partial charge in [0.1, 0.15) is 24.4 Å². The Kier molecular flexibility index (Phi) is 15.7. The number of rotatable bonds is 15. The van der Waals surface area contributed by atoms with Crippen molar-refractivity contribution in [1.82, 2.24) is 5.32 Å². The molecule has 2 fully saturated rings. The maximum atomic E-state index is 13.1. The predicted octanol–water partition coefficient (Wildman–Crippen LogP) is 1.43. The number of methoxy groups -OCH3 is 1. The lowest BCUT2D eigenvalue weighted by Crippen LogP contribution is -2.70. The average Bonchev–Trinajstić information content (AvgIpc) is 3.14. The molecular formula is C40H53NO15Si. The first-order valence-electron chi connectivity index (χ1n) is 18.4. The van der Waals surface area contributed by atoms with Gasteiger partial charge in [0, 0.05) is 27.7 Å². The number of nitrogens with one attached hydrogen (secondary N) is 1. The molecule has 2 heterocycles. The average molecular weight is 816 g/mol. The van der Waals surface area contributed by atoms with Gasteiger partial charge in [-0.25, -0.2) is 4.79 Å². The molecule has 10 atom stereocenters. The van der Waals surface area contributed by atoms with Gasteiger partial charge in [-0.05, 0) is 15.4 Å². The second-order valence-corrected chi connectivity index (χ2v) is 18.9. The van der Waals surface area contributed by atoms with E-state index >= 15 is 0 Å². The minimum Gasteiger partial charge on any atom is -0.467 e. The van der Waals surface area contributed by atoms with Crippen LogP contribution in [-0.4, -0.2) is 125 Å². The lowest BCUT2D eigenvalue weighted by atomic mass is 9.95. The van der Waals surface area contributed by atoms with Crippen LogP contribution in [0, 0.1) is 0 Å².